The number of hydrogen-bond acceptors (Lipinski definition) is 1. The Labute approximate surface area is 113 Å². The number of halogens is 1. The highest BCUT2D eigenvalue weighted by atomic mass is 19.1. The Morgan fingerprint density at radius 1 is 1.00 bits per heavy atom. The molecule has 0 aromatic heterocycles. The van der Waals surface area contributed by atoms with E-state index >= 15 is 0 Å². The monoisotopic (exact) mass is 256 g/mol. The summed E-state index contributed by atoms with van der Waals surface area (Å²) in [6.07, 6.45) is 1.10. The third-order valence-electron chi connectivity index (χ3n) is 3.13. The van der Waals surface area contributed by atoms with Crippen LogP contribution in [0.1, 0.15) is 33.5 Å². The van der Waals surface area contributed by atoms with Crippen LogP contribution in [0.5, 0.6) is 0 Å². The van der Waals surface area contributed by atoms with Gasteiger partial charge in [-0.2, -0.15) is 0 Å². The number of carbonyl (C=O) groups excluding carboxylic acids is 1. The molecule has 2 aromatic carbocycles. The van der Waals surface area contributed by atoms with E-state index in [1.54, 1.807) is 13.0 Å². The number of Topliss-reactive ketones (excluding diaryl/α,β-unsaturated/α-hetero) is 1. The highest BCUT2D eigenvalue weighted by Gasteiger charge is 2.08. The van der Waals surface area contributed by atoms with Gasteiger partial charge in [0.05, 0.1) is 0 Å². The summed E-state index contributed by atoms with van der Waals surface area (Å²) in [6.45, 7) is 3.82. The lowest BCUT2D eigenvalue weighted by Crippen LogP contribution is -2.02. The fraction of sp³-hybridized carbons (Fsp3) is 0.235. The molecule has 0 aliphatic carbocycles. The van der Waals surface area contributed by atoms with Crippen molar-refractivity contribution in [2.45, 2.75) is 26.7 Å². The van der Waals surface area contributed by atoms with Crippen molar-refractivity contribution < 1.29 is 9.18 Å². The number of ketones is 1. The van der Waals surface area contributed by atoms with Gasteiger partial charge in [0.15, 0.2) is 5.78 Å². The molecular weight excluding hydrogens is 239 g/mol. The van der Waals surface area contributed by atoms with Crippen molar-refractivity contribution in [2.75, 3.05) is 0 Å². The number of benzene rings is 2. The van der Waals surface area contributed by atoms with Gasteiger partial charge in [0, 0.05) is 12.0 Å². The van der Waals surface area contributed by atoms with Crippen molar-refractivity contribution in [3.8, 4) is 0 Å². The first-order valence-electron chi connectivity index (χ1n) is 6.40. The molecule has 0 atom stereocenters. The molecule has 0 N–H and O–H groups in total. The normalized spacial score (nSPS) is 10.5. The Balaban J connectivity index is 2.03. The first kappa shape index (κ1) is 13.5. The van der Waals surface area contributed by atoms with E-state index in [0.29, 0.717) is 18.4 Å². The van der Waals surface area contributed by atoms with Crippen LogP contribution in [0.2, 0.25) is 0 Å². The van der Waals surface area contributed by atoms with Crippen LogP contribution in [-0.4, -0.2) is 5.78 Å². The Morgan fingerprint density at radius 3 is 2.32 bits per heavy atom. The Bertz CT molecular complexity index is 564. The zero-order valence-corrected chi connectivity index (χ0v) is 11.2. The molecule has 0 spiro atoms. The Hall–Kier alpha value is -1.96. The van der Waals surface area contributed by atoms with Gasteiger partial charge in [-0.1, -0.05) is 29.8 Å². The lowest BCUT2D eigenvalue weighted by atomic mass is 10.0. The third-order valence-corrected chi connectivity index (χ3v) is 3.13. The average molecular weight is 256 g/mol. The molecule has 19 heavy (non-hydrogen) atoms. The van der Waals surface area contributed by atoms with Crippen molar-refractivity contribution in [1.82, 2.24) is 0 Å². The first-order valence-corrected chi connectivity index (χ1v) is 6.40. The molecule has 0 fully saturated rings. The molecule has 2 heteroatoms. The zero-order valence-electron chi connectivity index (χ0n) is 11.2. The summed E-state index contributed by atoms with van der Waals surface area (Å²) in [7, 11) is 0. The van der Waals surface area contributed by atoms with E-state index in [-0.39, 0.29) is 11.6 Å². The van der Waals surface area contributed by atoms with Crippen LogP contribution in [0.25, 0.3) is 0 Å². The second-order valence-electron chi connectivity index (χ2n) is 4.93. The van der Waals surface area contributed by atoms with Gasteiger partial charge in [-0.05, 0) is 49.6 Å². The average Bonchev–Trinajstić information content (AvgIpc) is 2.36. The predicted molar refractivity (Wildman–Crippen MR) is 75.0 cm³/mol. The van der Waals surface area contributed by atoms with Crippen molar-refractivity contribution in [1.29, 1.82) is 0 Å². The number of aryl methyl sites for hydroxylation is 3. The van der Waals surface area contributed by atoms with E-state index in [0.717, 1.165) is 11.1 Å². The summed E-state index contributed by atoms with van der Waals surface area (Å²) in [4.78, 5) is 12.0. The summed E-state index contributed by atoms with van der Waals surface area (Å²) < 4.78 is 13.2. The van der Waals surface area contributed by atoms with Gasteiger partial charge in [-0.3, -0.25) is 4.79 Å². The molecule has 0 bridgehead atoms. The van der Waals surface area contributed by atoms with Crippen LogP contribution in [0.3, 0.4) is 0 Å². The van der Waals surface area contributed by atoms with Gasteiger partial charge in [0.25, 0.3) is 0 Å². The van der Waals surface area contributed by atoms with Crippen LogP contribution < -0.4 is 0 Å². The van der Waals surface area contributed by atoms with Crippen LogP contribution >= 0.6 is 0 Å². The molecule has 2 aromatic rings. The fourth-order valence-corrected chi connectivity index (χ4v) is 2.05. The summed E-state index contributed by atoms with van der Waals surface area (Å²) in [5, 5.41) is 0. The molecule has 2 rings (SSSR count). The second-order valence-corrected chi connectivity index (χ2v) is 4.93. The summed E-state index contributed by atoms with van der Waals surface area (Å²) >= 11 is 0. The summed E-state index contributed by atoms with van der Waals surface area (Å²) in [5.41, 5.74) is 3.58. The van der Waals surface area contributed by atoms with Crippen LogP contribution in [0.4, 0.5) is 4.39 Å². The molecule has 0 radical (unpaired) electrons. The van der Waals surface area contributed by atoms with E-state index in [2.05, 4.69) is 0 Å². The minimum Gasteiger partial charge on any atom is -0.294 e. The lowest BCUT2D eigenvalue weighted by Gasteiger charge is -2.04. The topological polar surface area (TPSA) is 17.1 Å². The Kier molecular flexibility index (Phi) is 4.10. The van der Waals surface area contributed by atoms with E-state index < -0.39 is 0 Å². The molecule has 0 unspecified atom stereocenters. The zero-order chi connectivity index (χ0) is 13.8. The molecule has 0 saturated heterocycles. The maximum absolute atomic E-state index is 13.2. The van der Waals surface area contributed by atoms with Crippen molar-refractivity contribution in [3.05, 3.63) is 70.5 Å². The second kappa shape index (κ2) is 5.79. The molecule has 1 nitrogen and oxygen atoms in total. The summed E-state index contributed by atoms with van der Waals surface area (Å²) in [6, 6.07) is 12.6. The van der Waals surface area contributed by atoms with Gasteiger partial charge in [0.2, 0.25) is 0 Å². The van der Waals surface area contributed by atoms with Gasteiger partial charge in [0.1, 0.15) is 5.82 Å². The third kappa shape index (κ3) is 3.75. The minimum absolute atomic E-state index is 0.0109. The molecule has 0 aliphatic heterocycles. The van der Waals surface area contributed by atoms with Gasteiger partial charge < -0.3 is 0 Å². The van der Waals surface area contributed by atoms with Crippen LogP contribution in [0, 0.1) is 19.7 Å². The van der Waals surface area contributed by atoms with Crippen LogP contribution in [0.15, 0.2) is 42.5 Å². The Morgan fingerprint density at radius 2 is 1.68 bits per heavy atom. The standard InChI is InChI=1S/C17H17FO/c1-12-3-5-14(6-4-12)7-8-17(19)15-9-13(2)10-16(18)11-15/h3-6,9-11H,7-8H2,1-2H3. The lowest BCUT2D eigenvalue weighted by molar-refractivity contribution is 0.0982. The highest BCUT2D eigenvalue weighted by molar-refractivity contribution is 5.96. The van der Waals surface area contributed by atoms with Crippen molar-refractivity contribution >= 4 is 5.78 Å². The largest absolute Gasteiger partial charge is 0.294 e. The first-order chi connectivity index (χ1) is 9.04. The highest BCUT2D eigenvalue weighted by Crippen LogP contribution is 2.13. The maximum Gasteiger partial charge on any atom is 0.163 e. The van der Waals surface area contributed by atoms with E-state index in [1.165, 1.54) is 17.7 Å². The molecular formula is C17H17FO. The summed E-state index contributed by atoms with van der Waals surface area (Å²) in [5.74, 6) is -0.359. The van der Waals surface area contributed by atoms with E-state index in [1.807, 2.05) is 31.2 Å². The van der Waals surface area contributed by atoms with Crippen molar-refractivity contribution in [3.63, 3.8) is 0 Å². The fourth-order valence-electron chi connectivity index (χ4n) is 2.05. The van der Waals surface area contributed by atoms with Crippen molar-refractivity contribution in [2.24, 2.45) is 0 Å². The van der Waals surface area contributed by atoms with Gasteiger partial charge in [-0.15, -0.1) is 0 Å². The SMILES string of the molecule is Cc1ccc(CCC(=O)c2cc(C)cc(F)c2)cc1. The maximum atomic E-state index is 13.2. The number of rotatable bonds is 4. The quantitative estimate of drug-likeness (QED) is 0.747. The number of hydrogen-bond donors (Lipinski definition) is 0. The van der Waals surface area contributed by atoms with Crippen LogP contribution in [-0.2, 0) is 6.42 Å². The molecule has 98 valence electrons. The predicted octanol–water partition coefficient (Wildman–Crippen LogP) is 4.26. The minimum atomic E-state index is -0.348. The molecule has 0 amide bonds. The van der Waals surface area contributed by atoms with E-state index in [9.17, 15) is 9.18 Å². The molecule has 0 heterocycles. The smallest absolute Gasteiger partial charge is 0.163 e. The molecule has 0 aliphatic rings. The van der Waals surface area contributed by atoms with E-state index in [4.69, 9.17) is 0 Å². The number of carbonyl (C=O) groups is 1. The van der Waals surface area contributed by atoms with Gasteiger partial charge in [-0.25, -0.2) is 4.39 Å². The molecule has 0 saturated carbocycles. The van der Waals surface area contributed by atoms with Gasteiger partial charge >= 0.3 is 0 Å².